The van der Waals surface area contributed by atoms with Crippen LogP contribution in [-0.4, -0.2) is 60.9 Å². The van der Waals surface area contributed by atoms with Crippen LogP contribution in [0.15, 0.2) is 84.7 Å². The molecule has 0 saturated carbocycles. The summed E-state index contributed by atoms with van der Waals surface area (Å²) in [5, 5.41) is 4.36. The van der Waals surface area contributed by atoms with Gasteiger partial charge >= 0.3 is 12.2 Å². The van der Waals surface area contributed by atoms with Crippen LogP contribution in [0, 0.1) is 0 Å². The molecule has 1 aliphatic rings. The summed E-state index contributed by atoms with van der Waals surface area (Å²) in [4.78, 5) is 23.7. The van der Waals surface area contributed by atoms with Gasteiger partial charge in [0.25, 0.3) is 0 Å². The summed E-state index contributed by atoms with van der Waals surface area (Å²) >= 11 is 0. The van der Waals surface area contributed by atoms with E-state index in [1.165, 1.54) is 36.4 Å². The number of piperazine rings is 1. The Morgan fingerprint density at radius 2 is 1.77 bits per heavy atom. The van der Waals surface area contributed by atoms with Gasteiger partial charge < -0.3 is 15.5 Å². The van der Waals surface area contributed by atoms with Crippen molar-refractivity contribution in [2.24, 2.45) is 0 Å². The summed E-state index contributed by atoms with van der Waals surface area (Å²) < 4.78 is 65.2. The topological polar surface area (TPSA) is 108 Å². The Morgan fingerprint density at radius 3 is 2.33 bits per heavy atom. The molecule has 2 aromatic heterocycles. The van der Waals surface area contributed by atoms with Gasteiger partial charge in [0.1, 0.15) is 11.2 Å². The first-order valence-corrected chi connectivity index (χ1v) is 13.5. The number of hydrogen-bond donors (Lipinski definition) is 2. The van der Waals surface area contributed by atoms with E-state index in [4.69, 9.17) is 0 Å². The number of benzene rings is 1. The van der Waals surface area contributed by atoms with Crippen molar-refractivity contribution in [1.29, 1.82) is 0 Å². The van der Waals surface area contributed by atoms with E-state index in [9.17, 15) is 26.4 Å². The molecule has 2 amide bonds. The number of pyridine rings is 2. The highest BCUT2D eigenvalue weighted by atomic mass is 32.2. The van der Waals surface area contributed by atoms with Crippen molar-refractivity contribution in [2.75, 3.05) is 36.4 Å². The Bertz CT molecular complexity index is 1380. The zero-order chi connectivity index (χ0) is 28.0. The molecule has 3 heterocycles. The van der Waals surface area contributed by atoms with Gasteiger partial charge in [0.05, 0.1) is 10.5 Å². The minimum absolute atomic E-state index is 0.0700. The molecule has 1 saturated heterocycles. The second-order valence-corrected chi connectivity index (χ2v) is 10.8. The number of urea groups is 1. The lowest BCUT2D eigenvalue weighted by molar-refractivity contribution is -0.137. The second kappa shape index (κ2) is 11.8. The number of alkyl halides is 3. The highest BCUT2D eigenvalue weighted by molar-refractivity contribution is 7.92. The summed E-state index contributed by atoms with van der Waals surface area (Å²) in [6.07, 6.45) is 0.968. The smallest absolute Gasteiger partial charge is 0.354 e. The van der Waals surface area contributed by atoms with Gasteiger partial charge in [0.2, 0.25) is 0 Å². The Balaban J connectivity index is 1.34. The van der Waals surface area contributed by atoms with Gasteiger partial charge in [0.15, 0.2) is 9.84 Å². The maximum Gasteiger partial charge on any atom is 0.417 e. The van der Waals surface area contributed by atoms with Crippen molar-refractivity contribution in [3.05, 3.63) is 90.9 Å². The molecule has 0 radical (unpaired) electrons. The zero-order valence-corrected chi connectivity index (χ0v) is 21.6. The van der Waals surface area contributed by atoms with Crippen molar-refractivity contribution < 1.29 is 26.4 Å². The number of carbonyl (C=O) groups excluding carboxylic acids is 1. The van der Waals surface area contributed by atoms with E-state index in [2.05, 4.69) is 27.2 Å². The quantitative estimate of drug-likeness (QED) is 0.402. The average molecular weight is 561 g/mol. The molecule has 1 aromatic carbocycles. The summed E-state index contributed by atoms with van der Waals surface area (Å²) in [5.74, 6) is 0.397. The second-order valence-electron chi connectivity index (χ2n) is 8.79. The van der Waals surface area contributed by atoms with Crippen LogP contribution in [0.4, 0.5) is 29.5 Å². The van der Waals surface area contributed by atoms with E-state index >= 15 is 0 Å². The first-order valence-electron chi connectivity index (χ1n) is 12.0. The number of aromatic nitrogens is 2. The number of rotatable bonds is 8. The molecule has 206 valence electrons. The molecule has 1 atom stereocenters. The van der Waals surface area contributed by atoms with Crippen LogP contribution in [-0.2, 0) is 22.6 Å². The number of hydrogen-bond acceptors (Lipinski definition) is 7. The molecule has 0 aliphatic carbocycles. The van der Waals surface area contributed by atoms with E-state index in [-0.39, 0.29) is 11.4 Å². The lowest BCUT2D eigenvalue weighted by Gasteiger charge is -2.38. The molecule has 2 N–H and O–H groups in total. The van der Waals surface area contributed by atoms with Gasteiger partial charge in [-0.3, -0.25) is 9.88 Å². The van der Waals surface area contributed by atoms with Crippen molar-refractivity contribution in [3.8, 4) is 0 Å². The van der Waals surface area contributed by atoms with Crippen LogP contribution in [0.25, 0.3) is 0 Å². The highest BCUT2D eigenvalue weighted by Crippen LogP contribution is 2.30. The normalized spacial score (nSPS) is 15.4. The fourth-order valence-electron chi connectivity index (χ4n) is 4.15. The molecule has 0 bridgehead atoms. The maximum atomic E-state index is 13.4. The Labute approximate surface area is 224 Å². The van der Waals surface area contributed by atoms with Crippen LogP contribution in [0.1, 0.15) is 11.1 Å². The highest BCUT2D eigenvalue weighted by Gasteiger charge is 2.34. The minimum atomic E-state index is -4.46. The first-order chi connectivity index (χ1) is 18.6. The molecule has 1 fully saturated rings. The molecular formula is C26H27F3N6O3S. The lowest BCUT2D eigenvalue weighted by Crippen LogP contribution is -2.52. The molecular weight excluding hydrogens is 533 g/mol. The van der Waals surface area contributed by atoms with Crippen LogP contribution >= 0.6 is 0 Å². The Kier molecular flexibility index (Phi) is 8.51. The summed E-state index contributed by atoms with van der Waals surface area (Å²) in [6, 6.07) is 11.3. The van der Waals surface area contributed by atoms with E-state index < -0.39 is 33.0 Å². The van der Waals surface area contributed by atoms with Crippen LogP contribution in [0.5, 0.6) is 0 Å². The molecule has 1 unspecified atom stereocenters. The maximum absolute atomic E-state index is 13.4. The van der Waals surface area contributed by atoms with Crippen molar-refractivity contribution >= 4 is 27.4 Å². The number of halogens is 3. The van der Waals surface area contributed by atoms with E-state index in [0.29, 0.717) is 37.7 Å². The van der Waals surface area contributed by atoms with Crippen molar-refractivity contribution in [2.45, 2.75) is 23.0 Å². The zero-order valence-electron chi connectivity index (χ0n) is 20.8. The number of amides is 2. The molecule has 9 nitrogen and oxygen atoms in total. The van der Waals surface area contributed by atoms with Crippen molar-refractivity contribution in [1.82, 2.24) is 20.2 Å². The van der Waals surface area contributed by atoms with Crippen LogP contribution in [0.2, 0.25) is 0 Å². The van der Waals surface area contributed by atoms with Gasteiger partial charge in [-0.15, -0.1) is 6.58 Å². The third-order valence-electron chi connectivity index (χ3n) is 6.21. The van der Waals surface area contributed by atoms with Gasteiger partial charge in [-0.1, -0.05) is 12.1 Å². The van der Waals surface area contributed by atoms with Gasteiger partial charge in [-0.25, -0.2) is 18.2 Å². The summed E-state index contributed by atoms with van der Waals surface area (Å²) in [5.41, 5.74) is 0.431. The van der Waals surface area contributed by atoms with Crippen molar-refractivity contribution in [3.63, 3.8) is 0 Å². The predicted octanol–water partition coefficient (Wildman–Crippen LogP) is 3.93. The molecule has 3 aromatic rings. The number of nitrogens with zero attached hydrogens (tertiary/aromatic N) is 4. The number of nitrogens with one attached hydrogen (secondary N) is 2. The molecule has 1 aliphatic heterocycles. The van der Waals surface area contributed by atoms with Gasteiger partial charge in [0, 0.05) is 57.0 Å². The van der Waals surface area contributed by atoms with E-state index in [0.717, 1.165) is 17.8 Å². The standard InChI is InChI=1S/C26H27F3N6O3S/c1-2-24(35-14-12-34(13-15-35)23-10-5-20(18-31-23)26(27,28)29)39(37,38)22-8-6-21(7-9-22)33-25(36)32-17-19-4-3-11-30-16-19/h2-11,16,18,24H,1,12-15,17H2,(H2,32,33,36). The predicted molar refractivity (Wildman–Crippen MR) is 141 cm³/mol. The molecule has 4 rings (SSSR count). The first kappa shape index (κ1) is 28.0. The Morgan fingerprint density at radius 1 is 1.05 bits per heavy atom. The monoisotopic (exact) mass is 560 g/mol. The number of carbonyl (C=O) groups is 1. The van der Waals surface area contributed by atoms with E-state index in [1.54, 1.807) is 23.4 Å². The largest absolute Gasteiger partial charge is 0.417 e. The third kappa shape index (κ3) is 6.92. The molecule has 0 spiro atoms. The summed E-state index contributed by atoms with van der Waals surface area (Å²) in [7, 11) is -3.83. The minimum Gasteiger partial charge on any atom is -0.354 e. The fourth-order valence-corrected chi connectivity index (χ4v) is 5.80. The fraction of sp³-hybridized carbons (Fsp3) is 0.269. The van der Waals surface area contributed by atoms with Gasteiger partial charge in [-0.2, -0.15) is 13.2 Å². The SMILES string of the molecule is C=CC(N1CCN(c2ccc(C(F)(F)F)cn2)CC1)S(=O)(=O)c1ccc(NC(=O)NCc2cccnc2)cc1. The van der Waals surface area contributed by atoms with Gasteiger partial charge in [-0.05, 0) is 48.0 Å². The lowest BCUT2D eigenvalue weighted by atomic mass is 10.2. The molecule has 13 heteroatoms. The van der Waals surface area contributed by atoms with Crippen LogP contribution in [0.3, 0.4) is 0 Å². The van der Waals surface area contributed by atoms with Crippen LogP contribution < -0.4 is 15.5 Å². The third-order valence-corrected chi connectivity index (χ3v) is 8.27. The number of anilines is 2. The summed E-state index contributed by atoms with van der Waals surface area (Å²) in [6.45, 7) is 5.46. The van der Waals surface area contributed by atoms with E-state index in [1.807, 2.05) is 11.0 Å². The number of sulfone groups is 1. The Hall–Kier alpha value is -3.97. The average Bonchev–Trinajstić information content (AvgIpc) is 2.93. The molecule has 39 heavy (non-hydrogen) atoms.